The van der Waals surface area contributed by atoms with E-state index >= 15 is 0 Å². The number of carbonyl (C=O) groups is 1. The smallest absolute Gasteiger partial charge is 0.410 e. The van der Waals surface area contributed by atoms with Crippen molar-refractivity contribution in [2.24, 2.45) is 0 Å². The molecule has 0 radical (unpaired) electrons. The topological polar surface area (TPSA) is 41.6 Å². The van der Waals surface area contributed by atoms with E-state index in [1.165, 1.54) is 0 Å². The number of piperidine rings is 1. The Labute approximate surface area is 121 Å². The molecule has 1 fully saturated rings. The summed E-state index contributed by atoms with van der Waals surface area (Å²) in [5, 5.41) is 3.07. The molecule has 0 spiro atoms. The van der Waals surface area contributed by atoms with E-state index in [1.54, 1.807) is 4.90 Å². The van der Waals surface area contributed by atoms with Crippen LogP contribution < -0.4 is 5.32 Å². The Balaban J connectivity index is 2.47. The normalized spacial score (nSPS) is 16.6. The molecule has 116 valence electrons. The summed E-state index contributed by atoms with van der Waals surface area (Å²) in [5.74, 6) is -0.0810. The minimum atomic E-state index is -0.486. The van der Waals surface area contributed by atoms with Crippen LogP contribution in [0.3, 0.4) is 0 Å². The van der Waals surface area contributed by atoms with E-state index in [2.05, 4.69) is 5.32 Å². The first-order valence-electron chi connectivity index (χ1n) is 7.27. The van der Waals surface area contributed by atoms with Crippen LogP contribution in [-0.4, -0.2) is 42.3 Å². The molecule has 1 N–H and O–H groups in total. The third kappa shape index (κ3) is 5.90. The lowest BCUT2D eigenvalue weighted by Crippen LogP contribution is -2.40. The fourth-order valence-electron chi connectivity index (χ4n) is 1.98. The highest BCUT2D eigenvalue weighted by Gasteiger charge is 2.25. The van der Waals surface area contributed by atoms with Crippen molar-refractivity contribution in [3.8, 4) is 0 Å². The molecule has 0 atom stereocenters. The van der Waals surface area contributed by atoms with E-state index in [9.17, 15) is 9.18 Å². The van der Waals surface area contributed by atoms with Crippen LogP contribution in [0.25, 0.3) is 0 Å². The molecule has 1 saturated heterocycles. The quantitative estimate of drug-likeness (QED) is 0.866. The molecule has 0 aliphatic carbocycles. The maximum atomic E-state index is 13.9. The SMILES string of the molecule is CC(C)NCC(F)=C1CCN(C(=O)OC(C)(C)C)CC1. The molecule has 1 aliphatic rings. The zero-order chi connectivity index (χ0) is 15.3. The molecule has 5 heteroatoms. The minimum absolute atomic E-state index is 0.0810. The molecule has 1 aliphatic heterocycles. The van der Waals surface area contributed by atoms with Gasteiger partial charge in [-0.05, 0) is 39.2 Å². The average molecular weight is 286 g/mol. The van der Waals surface area contributed by atoms with Crippen LogP contribution in [0, 0.1) is 0 Å². The van der Waals surface area contributed by atoms with Crippen LogP contribution >= 0.6 is 0 Å². The largest absolute Gasteiger partial charge is 0.444 e. The summed E-state index contributed by atoms with van der Waals surface area (Å²) in [7, 11) is 0. The molecule has 0 aromatic carbocycles. The van der Waals surface area contributed by atoms with Gasteiger partial charge in [0.2, 0.25) is 0 Å². The first-order valence-corrected chi connectivity index (χ1v) is 7.27. The number of nitrogens with one attached hydrogen (secondary N) is 1. The van der Waals surface area contributed by atoms with Gasteiger partial charge in [0.25, 0.3) is 0 Å². The summed E-state index contributed by atoms with van der Waals surface area (Å²) in [6.45, 7) is 10.8. The molecule has 0 aromatic heterocycles. The third-order valence-corrected chi connectivity index (χ3v) is 3.07. The molecule has 0 bridgehead atoms. The summed E-state index contributed by atoms with van der Waals surface area (Å²) in [6.07, 6.45) is 0.868. The molecule has 0 unspecified atom stereocenters. The number of likely N-dealkylation sites (tertiary alicyclic amines) is 1. The summed E-state index contributed by atoms with van der Waals surface area (Å²) in [5.41, 5.74) is 0.331. The predicted octanol–water partition coefficient (Wildman–Crippen LogP) is 3.24. The van der Waals surface area contributed by atoms with Crippen molar-refractivity contribution in [1.29, 1.82) is 0 Å². The summed E-state index contributed by atoms with van der Waals surface area (Å²) >= 11 is 0. The van der Waals surface area contributed by atoms with Crippen LogP contribution in [0.15, 0.2) is 11.4 Å². The van der Waals surface area contributed by atoms with E-state index in [0.717, 1.165) is 5.57 Å². The van der Waals surface area contributed by atoms with Crippen LogP contribution in [-0.2, 0) is 4.74 Å². The average Bonchev–Trinajstić information content (AvgIpc) is 2.34. The first-order chi connectivity index (χ1) is 9.19. The Hall–Kier alpha value is -1.10. The number of hydrogen-bond donors (Lipinski definition) is 1. The van der Waals surface area contributed by atoms with Crippen molar-refractivity contribution in [2.75, 3.05) is 19.6 Å². The van der Waals surface area contributed by atoms with E-state index in [0.29, 0.717) is 25.9 Å². The molecule has 1 rings (SSSR count). The lowest BCUT2D eigenvalue weighted by atomic mass is 10.0. The lowest BCUT2D eigenvalue weighted by molar-refractivity contribution is 0.0235. The van der Waals surface area contributed by atoms with E-state index < -0.39 is 5.60 Å². The molecule has 4 nitrogen and oxygen atoms in total. The van der Waals surface area contributed by atoms with Crippen LogP contribution in [0.5, 0.6) is 0 Å². The summed E-state index contributed by atoms with van der Waals surface area (Å²) in [4.78, 5) is 13.5. The number of halogens is 1. The van der Waals surface area contributed by atoms with Crippen molar-refractivity contribution in [3.63, 3.8) is 0 Å². The zero-order valence-electron chi connectivity index (χ0n) is 13.3. The van der Waals surface area contributed by atoms with Gasteiger partial charge < -0.3 is 15.0 Å². The number of rotatable bonds is 3. The Morgan fingerprint density at radius 3 is 2.35 bits per heavy atom. The van der Waals surface area contributed by atoms with E-state index in [1.807, 2.05) is 34.6 Å². The van der Waals surface area contributed by atoms with Gasteiger partial charge in [-0.2, -0.15) is 0 Å². The second-order valence-corrected chi connectivity index (χ2v) is 6.51. The Kier molecular flexibility index (Phi) is 5.99. The zero-order valence-corrected chi connectivity index (χ0v) is 13.3. The Bertz CT molecular complexity index is 363. The Morgan fingerprint density at radius 1 is 1.35 bits per heavy atom. The van der Waals surface area contributed by atoms with Crippen molar-refractivity contribution in [1.82, 2.24) is 10.2 Å². The van der Waals surface area contributed by atoms with Gasteiger partial charge in [-0.3, -0.25) is 0 Å². The van der Waals surface area contributed by atoms with Crippen molar-refractivity contribution in [2.45, 2.75) is 59.1 Å². The third-order valence-electron chi connectivity index (χ3n) is 3.07. The number of hydrogen-bond acceptors (Lipinski definition) is 3. The minimum Gasteiger partial charge on any atom is -0.444 e. The van der Waals surface area contributed by atoms with Crippen LogP contribution in [0.2, 0.25) is 0 Å². The molecule has 1 amide bonds. The monoisotopic (exact) mass is 286 g/mol. The van der Waals surface area contributed by atoms with Gasteiger partial charge in [0.15, 0.2) is 0 Å². The van der Waals surface area contributed by atoms with Crippen molar-refractivity contribution in [3.05, 3.63) is 11.4 Å². The van der Waals surface area contributed by atoms with E-state index in [4.69, 9.17) is 4.74 Å². The fourth-order valence-corrected chi connectivity index (χ4v) is 1.98. The van der Waals surface area contributed by atoms with Crippen LogP contribution in [0.4, 0.5) is 9.18 Å². The second kappa shape index (κ2) is 7.07. The molecule has 20 heavy (non-hydrogen) atoms. The first kappa shape index (κ1) is 17.0. The number of carbonyl (C=O) groups excluding carboxylic acids is 1. The summed E-state index contributed by atoms with van der Waals surface area (Å²) in [6, 6.07) is 0.267. The van der Waals surface area contributed by atoms with Crippen molar-refractivity contribution >= 4 is 6.09 Å². The highest BCUT2D eigenvalue weighted by molar-refractivity contribution is 5.68. The molecular weight excluding hydrogens is 259 g/mol. The van der Waals surface area contributed by atoms with Gasteiger partial charge >= 0.3 is 6.09 Å². The maximum absolute atomic E-state index is 13.9. The Morgan fingerprint density at radius 2 is 1.90 bits per heavy atom. The number of amides is 1. The second-order valence-electron chi connectivity index (χ2n) is 6.51. The van der Waals surface area contributed by atoms with E-state index in [-0.39, 0.29) is 24.5 Å². The molecule has 1 heterocycles. The predicted molar refractivity (Wildman–Crippen MR) is 78.3 cm³/mol. The highest BCUT2D eigenvalue weighted by atomic mass is 19.1. The fraction of sp³-hybridized carbons (Fsp3) is 0.800. The highest BCUT2D eigenvalue weighted by Crippen LogP contribution is 2.22. The molecular formula is C15H27FN2O2. The van der Waals surface area contributed by atoms with Crippen molar-refractivity contribution < 1.29 is 13.9 Å². The lowest BCUT2D eigenvalue weighted by Gasteiger charge is -2.31. The number of nitrogens with zero attached hydrogens (tertiary/aromatic N) is 1. The van der Waals surface area contributed by atoms with Gasteiger partial charge in [-0.25, -0.2) is 9.18 Å². The standard InChI is InChI=1S/C15H27FN2O2/c1-11(2)17-10-13(16)12-6-8-18(9-7-12)14(19)20-15(3,4)5/h11,17H,6-10H2,1-5H3. The van der Waals surface area contributed by atoms with Gasteiger partial charge in [0, 0.05) is 25.7 Å². The molecule has 0 saturated carbocycles. The summed E-state index contributed by atoms with van der Waals surface area (Å²) < 4.78 is 19.2. The van der Waals surface area contributed by atoms with Gasteiger partial charge in [-0.1, -0.05) is 13.8 Å². The maximum Gasteiger partial charge on any atom is 0.410 e. The van der Waals surface area contributed by atoms with Gasteiger partial charge in [0.1, 0.15) is 11.4 Å². The number of ether oxygens (including phenoxy) is 1. The van der Waals surface area contributed by atoms with Crippen LogP contribution in [0.1, 0.15) is 47.5 Å². The van der Waals surface area contributed by atoms with Gasteiger partial charge in [0.05, 0.1) is 0 Å². The molecule has 0 aromatic rings. The van der Waals surface area contributed by atoms with Gasteiger partial charge in [-0.15, -0.1) is 0 Å².